The van der Waals surface area contributed by atoms with E-state index in [1.165, 1.54) is 6.07 Å². The molecule has 16 heavy (non-hydrogen) atoms. The molecule has 4 nitrogen and oxygen atoms in total. The second-order valence-corrected chi connectivity index (χ2v) is 4.96. The molecule has 0 saturated carbocycles. The Balaban J connectivity index is 2.77. The average molecular weight is 281 g/mol. The van der Waals surface area contributed by atoms with Gasteiger partial charge in [0.1, 0.15) is 4.90 Å². The molecule has 84 valence electrons. The molecule has 0 spiro atoms. The van der Waals surface area contributed by atoms with E-state index in [2.05, 4.69) is 9.97 Å². The van der Waals surface area contributed by atoms with Crippen molar-refractivity contribution in [1.82, 2.24) is 9.97 Å². The highest BCUT2D eigenvalue weighted by molar-refractivity contribution is 7.86. The second kappa shape index (κ2) is 3.80. The minimum absolute atomic E-state index is 0.00465. The summed E-state index contributed by atoms with van der Waals surface area (Å²) in [4.78, 5) is 7.15. The van der Waals surface area contributed by atoms with Crippen molar-refractivity contribution in [3.8, 4) is 0 Å². The third-order valence-corrected chi connectivity index (χ3v) is 3.28. The number of aromatic nitrogens is 2. The number of benzene rings is 1. The summed E-state index contributed by atoms with van der Waals surface area (Å²) in [6.07, 6.45) is 0. The molecule has 0 bridgehead atoms. The van der Waals surface area contributed by atoms with Gasteiger partial charge in [-0.05, 0) is 18.2 Å². The predicted octanol–water partition coefficient (Wildman–Crippen LogP) is 2.59. The van der Waals surface area contributed by atoms with Crippen molar-refractivity contribution < 1.29 is 12.3 Å². The zero-order chi connectivity index (χ0) is 11.9. The number of hydrogen-bond donors (Lipinski definition) is 0. The van der Waals surface area contributed by atoms with Crippen LogP contribution in [0.15, 0.2) is 23.1 Å². The minimum atomic E-state index is -4.76. The standard InChI is InChI=1S/C8H3Cl2FN2O2S/c9-7-8(10)13-6-3-4(16(11,14)15)1-2-5(6)12-7/h1-3H. The Hall–Kier alpha value is -0.980. The fourth-order valence-electron chi connectivity index (χ4n) is 1.14. The predicted molar refractivity (Wildman–Crippen MR) is 57.9 cm³/mol. The van der Waals surface area contributed by atoms with Crippen molar-refractivity contribution in [2.75, 3.05) is 0 Å². The van der Waals surface area contributed by atoms with Gasteiger partial charge in [0.05, 0.1) is 11.0 Å². The van der Waals surface area contributed by atoms with Crippen LogP contribution in [0.5, 0.6) is 0 Å². The van der Waals surface area contributed by atoms with E-state index in [4.69, 9.17) is 23.2 Å². The van der Waals surface area contributed by atoms with Gasteiger partial charge in [0.2, 0.25) is 0 Å². The topological polar surface area (TPSA) is 59.9 Å². The summed E-state index contributed by atoms with van der Waals surface area (Å²) < 4.78 is 34.0. The molecule has 0 saturated heterocycles. The van der Waals surface area contributed by atoms with Crippen molar-refractivity contribution in [1.29, 1.82) is 0 Å². The molecule has 0 unspecified atom stereocenters. The fraction of sp³-hybridized carbons (Fsp3) is 0. The van der Waals surface area contributed by atoms with Crippen molar-refractivity contribution >= 4 is 44.5 Å². The molecule has 2 rings (SSSR count). The molecule has 0 aliphatic rings. The summed E-state index contributed by atoms with van der Waals surface area (Å²) in [7, 11) is -4.76. The van der Waals surface area contributed by atoms with Crippen LogP contribution >= 0.6 is 23.2 Å². The monoisotopic (exact) mass is 280 g/mol. The van der Waals surface area contributed by atoms with E-state index in [1.807, 2.05) is 0 Å². The van der Waals surface area contributed by atoms with Crippen molar-refractivity contribution in [2.45, 2.75) is 4.90 Å². The molecule has 1 aromatic heterocycles. The Morgan fingerprint density at radius 2 is 1.62 bits per heavy atom. The van der Waals surface area contributed by atoms with Gasteiger partial charge in [-0.1, -0.05) is 23.2 Å². The average Bonchev–Trinajstić information content (AvgIpc) is 2.17. The molecule has 0 fully saturated rings. The van der Waals surface area contributed by atoms with E-state index in [0.29, 0.717) is 5.52 Å². The van der Waals surface area contributed by atoms with Crippen LogP contribution in [0.1, 0.15) is 0 Å². The quantitative estimate of drug-likeness (QED) is 0.754. The van der Waals surface area contributed by atoms with E-state index in [-0.39, 0.29) is 15.8 Å². The summed E-state index contributed by atoms with van der Waals surface area (Å²) >= 11 is 11.2. The lowest BCUT2D eigenvalue weighted by molar-refractivity contribution is 0.552. The lowest BCUT2D eigenvalue weighted by Gasteiger charge is -2.00. The van der Waals surface area contributed by atoms with Gasteiger partial charge in [-0.2, -0.15) is 8.42 Å². The fourth-order valence-corrected chi connectivity index (χ4v) is 1.89. The van der Waals surface area contributed by atoms with Crippen LogP contribution in [0, 0.1) is 0 Å². The van der Waals surface area contributed by atoms with Gasteiger partial charge in [-0.15, -0.1) is 3.89 Å². The minimum Gasteiger partial charge on any atom is -0.231 e. The van der Waals surface area contributed by atoms with Crippen molar-refractivity contribution in [3.63, 3.8) is 0 Å². The van der Waals surface area contributed by atoms with Crippen LogP contribution < -0.4 is 0 Å². The van der Waals surface area contributed by atoms with Gasteiger partial charge in [0.15, 0.2) is 10.3 Å². The van der Waals surface area contributed by atoms with Crippen molar-refractivity contribution in [3.05, 3.63) is 28.5 Å². The Bertz CT molecular complexity index is 675. The maximum Gasteiger partial charge on any atom is 0.332 e. The number of halogens is 3. The van der Waals surface area contributed by atoms with Crippen LogP contribution in [-0.4, -0.2) is 18.4 Å². The first-order valence-corrected chi connectivity index (χ1v) is 6.09. The highest BCUT2D eigenvalue weighted by atomic mass is 35.5. The molecule has 0 aliphatic carbocycles. The Labute approximate surface area is 100 Å². The molecule has 0 amide bonds. The third kappa shape index (κ3) is 2.09. The molecule has 1 heterocycles. The summed E-state index contributed by atoms with van der Waals surface area (Å²) in [6.45, 7) is 0. The SMILES string of the molecule is O=S(=O)(F)c1ccc2nc(Cl)c(Cl)nc2c1. The molecule has 1 aromatic carbocycles. The summed E-state index contributed by atoms with van der Waals surface area (Å²) in [5.74, 6) is 0. The van der Waals surface area contributed by atoms with E-state index in [1.54, 1.807) is 0 Å². The number of fused-ring (bicyclic) bond motifs is 1. The van der Waals surface area contributed by atoms with E-state index >= 15 is 0 Å². The lowest BCUT2D eigenvalue weighted by atomic mass is 10.3. The Kier molecular flexibility index (Phi) is 2.73. The highest BCUT2D eigenvalue weighted by Crippen LogP contribution is 2.23. The van der Waals surface area contributed by atoms with Crippen LogP contribution in [0.2, 0.25) is 10.3 Å². The van der Waals surface area contributed by atoms with E-state index in [0.717, 1.165) is 12.1 Å². The van der Waals surface area contributed by atoms with Gasteiger partial charge < -0.3 is 0 Å². The molecular formula is C8H3Cl2FN2O2S. The molecule has 0 atom stereocenters. The van der Waals surface area contributed by atoms with Crippen LogP contribution in [-0.2, 0) is 10.2 Å². The molecule has 8 heteroatoms. The van der Waals surface area contributed by atoms with Gasteiger partial charge in [-0.25, -0.2) is 9.97 Å². The van der Waals surface area contributed by atoms with Gasteiger partial charge in [0.25, 0.3) is 0 Å². The number of nitrogens with zero attached hydrogens (tertiary/aromatic N) is 2. The molecule has 2 aromatic rings. The van der Waals surface area contributed by atoms with Gasteiger partial charge in [0, 0.05) is 0 Å². The van der Waals surface area contributed by atoms with Crippen LogP contribution in [0.25, 0.3) is 11.0 Å². The van der Waals surface area contributed by atoms with Crippen LogP contribution in [0.4, 0.5) is 3.89 Å². The van der Waals surface area contributed by atoms with Crippen molar-refractivity contribution in [2.24, 2.45) is 0 Å². The van der Waals surface area contributed by atoms with Gasteiger partial charge >= 0.3 is 10.2 Å². The molecular weight excluding hydrogens is 278 g/mol. The smallest absolute Gasteiger partial charge is 0.231 e. The molecule has 0 aliphatic heterocycles. The first-order chi connectivity index (χ1) is 7.38. The Morgan fingerprint density at radius 3 is 2.19 bits per heavy atom. The second-order valence-electron chi connectivity index (χ2n) is 2.89. The lowest BCUT2D eigenvalue weighted by Crippen LogP contribution is -1.94. The van der Waals surface area contributed by atoms with Gasteiger partial charge in [-0.3, -0.25) is 0 Å². The Morgan fingerprint density at radius 1 is 1.06 bits per heavy atom. The number of hydrogen-bond acceptors (Lipinski definition) is 4. The first kappa shape index (κ1) is 11.5. The van der Waals surface area contributed by atoms with E-state index < -0.39 is 15.1 Å². The largest absolute Gasteiger partial charge is 0.332 e. The number of rotatable bonds is 1. The highest BCUT2D eigenvalue weighted by Gasteiger charge is 2.13. The normalized spacial score (nSPS) is 11.9. The summed E-state index contributed by atoms with van der Waals surface area (Å²) in [5.41, 5.74) is 0.495. The molecule has 0 radical (unpaired) electrons. The van der Waals surface area contributed by atoms with Crippen LogP contribution in [0.3, 0.4) is 0 Å². The summed E-state index contributed by atoms with van der Waals surface area (Å²) in [5, 5.41) is -0.0624. The zero-order valence-electron chi connectivity index (χ0n) is 7.49. The van der Waals surface area contributed by atoms with E-state index in [9.17, 15) is 12.3 Å². The maximum atomic E-state index is 12.7. The first-order valence-electron chi connectivity index (χ1n) is 3.95. The zero-order valence-corrected chi connectivity index (χ0v) is 9.81. The summed E-state index contributed by atoms with van der Waals surface area (Å²) in [6, 6.07) is 3.42. The molecule has 0 N–H and O–H groups in total. The maximum absolute atomic E-state index is 12.7. The third-order valence-electron chi connectivity index (χ3n) is 1.84.